The van der Waals surface area contributed by atoms with Gasteiger partial charge in [-0.05, 0) is 37.3 Å². The van der Waals surface area contributed by atoms with Gasteiger partial charge in [0.2, 0.25) is 22.8 Å². The van der Waals surface area contributed by atoms with Crippen molar-refractivity contribution in [3.05, 3.63) is 59.4 Å². The third kappa shape index (κ3) is 5.25. The molecule has 4 rings (SSSR count). The van der Waals surface area contributed by atoms with E-state index in [1.165, 1.54) is 11.3 Å². The molecule has 0 aliphatic carbocycles. The standard InChI is InChI=1S/C21H18ClN5O3S/c1-2-29-14-9-7-13(8-10-14)19-24-18(30-27-19)12-11-17(28)23-21-26-25-20(31-21)15-5-3-4-6-16(15)22/h3-10H,2,11-12H2,1H3,(H,23,26,28). The predicted molar refractivity (Wildman–Crippen MR) is 118 cm³/mol. The van der Waals surface area contributed by atoms with Crippen LogP contribution < -0.4 is 10.1 Å². The predicted octanol–water partition coefficient (Wildman–Crippen LogP) is 4.88. The summed E-state index contributed by atoms with van der Waals surface area (Å²) < 4.78 is 10.7. The summed E-state index contributed by atoms with van der Waals surface area (Å²) in [7, 11) is 0. The Hall–Kier alpha value is -3.30. The Bertz CT molecular complexity index is 1180. The maximum absolute atomic E-state index is 12.3. The number of aryl methyl sites for hydroxylation is 1. The van der Waals surface area contributed by atoms with E-state index in [1.807, 2.05) is 49.4 Å². The lowest BCUT2D eigenvalue weighted by Gasteiger charge is -2.02. The molecule has 0 atom stereocenters. The van der Waals surface area contributed by atoms with E-state index < -0.39 is 0 Å². The van der Waals surface area contributed by atoms with Gasteiger partial charge in [0.25, 0.3) is 0 Å². The summed E-state index contributed by atoms with van der Waals surface area (Å²) in [6, 6.07) is 14.8. The Balaban J connectivity index is 1.32. The largest absolute Gasteiger partial charge is 0.494 e. The van der Waals surface area contributed by atoms with E-state index in [9.17, 15) is 4.79 Å². The van der Waals surface area contributed by atoms with E-state index in [2.05, 4.69) is 25.7 Å². The molecule has 8 nitrogen and oxygen atoms in total. The molecule has 0 bridgehead atoms. The van der Waals surface area contributed by atoms with Gasteiger partial charge in [-0.25, -0.2) is 0 Å². The maximum Gasteiger partial charge on any atom is 0.227 e. The van der Waals surface area contributed by atoms with Crippen LogP contribution >= 0.6 is 22.9 Å². The van der Waals surface area contributed by atoms with Crippen molar-refractivity contribution in [3.8, 4) is 27.7 Å². The van der Waals surface area contributed by atoms with Crippen LogP contribution in [0.5, 0.6) is 5.75 Å². The normalized spacial score (nSPS) is 10.8. The molecule has 0 aliphatic heterocycles. The number of ether oxygens (including phenoxy) is 1. The number of rotatable bonds is 8. The number of nitrogens with zero attached hydrogens (tertiary/aromatic N) is 4. The number of anilines is 1. The zero-order chi connectivity index (χ0) is 21.6. The second-order valence-electron chi connectivity index (χ2n) is 6.41. The average molecular weight is 456 g/mol. The van der Waals surface area contributed by atoms with E-state index in [-0.39, 0.29) is 12.3 Å². The molecule has 0 saturated heterocycles. The maximum atomic E-state index is 12.3. The van der Waals surface area contributed by atoms with E-state index in [0.717, 1.165) is 16.9 Å². The van der Waals surface area contributed by atoms with E-state index in [1.54, 1.807) is 6.07 Å². The SMILES string of the molecule is CCOc1ccc(-c2noc(CCC(=O)Nc3nnc(-c4ccccc4Cl)s3)n2)cc1. The second-order valence-corrected chi connectivity index (χ2v) is 7.79. The number of halogens is 1. The van der Waals surface area contributed by atoms with Gasteiger partial charge in [0, 0.05) is 24.0 Å². The van der Waals surface area contributed by atoms with Crippen LogP contribution in [0.4, 0.5) is 5.13 Å². The molecule has 31 heavy (non-hydrogen) atoms. The van der Waals surface area contributed by atoms with Crippen LogP contribution in [0.3, 0.4) is 0 Å². The monoisotopic (exact) mass is 455 g/mol. The fraction of sp³-hybridized carbons (Fsp3) is 0.190. The first-order valence-corrected chi connectivity index (χ1v) is 10.8. The van der Waals surface area contributed by atoms with Crippen molar-refractivity contribution in [1.29, 1.82) is 0 Å². The average Bonchev–Trinajstić information content (AvgIpc) is 3.43. The van der Waals surface area contributed by atoms with Gasteiger partial charge in [-0.15, -0.1) is 10.2 Å². The first-order chi connectivity index (χ1) is 15.1. The Morgan fingerprint density at radius 1 is 1.16 bits per heavy atom. The summed E-state index contributed by atoms with van der Waals surface area (Å²) in [5.74, 6) is 1.41. The van der Waals surface area contributed by atoms with E-state index in [4.69, 9.17) is 20.9 Å². The molecule has 10 heteroatoms. The van der Waals surface area contributed by atoms with Gasteiger partial charge < -0.3 is 14.6 Å². The molecule has 0 spiro atoms. The summed E-state index contributed by atoms with van der Waals surface area (Å²) in [4.78, 5) is 16.6. The number of nitrogens with one attached hydrogen (secondary N) is 1. The molecule has 2 aromatic heterocycles. The lowest BCUT2D eigenvalue weighted by atomic mass is 10.2. The first-order valence-electron chi connectivity index (χ1n) is 9.56. The third-order valence-corrected chi connectivity index (χ3v) is 5.43. The Morgan fingerprint density at radius 2 is 1.97 bits per heavy atom. The van der Waals surface area contributed by atoms with Gasteiger partial charge in [-0.1, -0.05) is 46.3 Å². The molecule has 0 fully saturated rings. The van der Waals surface area contributed by atoms with Crippen molar-refractivity contribution in [2.75, 3.05) is 11.9 Å². The number of carbonyl (C=O) groups excluding carboxylic acids is 1. The third-order valence-electron chi connectivity index (χ3n) is 4.23. The van der Waals surface area contributed by atoms with Crippen LogP contribution in [0.25, 0.3) is 22.0 Å². The van der Waals surface area contributed by atoms with Crippen LogP contribution in [0.2, 0.25) is 5.02 Å². The van der Waals surface area contributed by atoms with Crippen molar-refractivity contribution in [3.63, 3.8) is 0 Å². The molecule has 4 aromatic rings. The smallest absolute Gasteiger partial charge is 0.227 e. The summed E-state index contributed by atoms with van der Waals surface area (Å²) in [6.07, 6.45) is 0.484. The lowest BCUT2D eigenvalue weighted by molar-refractivity contribution is -0.116. The molecule has 1 amide bonds. The Kier molecular flexibility index (Phi) is 6.54. The van der Waals surface area contributed by atoms with Crippen molar-refractivity contribution in [2.24, 2.45) is 0 Å². The van der Waals surface area contributed by atoms with Gasteiger partial charge in [-0.2, -0.15) is 4.98 Å². The van der Waals surface area contributed by atoms with Gasteiger partial charge in [0.1, 0.15) is 5.75 Å². The van der Waals surface area contributed by atoms with Gasteiger partial charge in [0.15, 0.2) is 5.01 Å². The van der Waals surface area contributed by atoms with E-state index in [0.29, 0.717) is 39.9 Å². The number of amides is 1. The highest BCUT2D eigenvalue weighted by molar-refractivity contribution is 7.18. The zero-order valence-corrected chi connectivity index (χ0v) is 18.1. The zero-order valence-electron chi connectivity index (χ0n) is 16.5. The highest BCUT2D eigenvalue weighted by Crippen LogP contribution is 2.31. The minimum Gasteiger partial charge on any atom is -0.494 e. The van der Waals surface area contributed by atoms with Crippen LogP contribution in [-0.4, -0.2) is 32.9 Å². The lowest BCUT2D eigenvalue weighted by Crippen LogP contribution is -2.12. The van der Waals surface area contributed by atoms with Crippen LogP contribution in [0.1, 0.15) is 19.2 Å². The summed E-state index contributed by atoms with van der Waals surface area (Å²) in [6.45, 7) is 2.53. The number of hydrogen-bond acceptors (Lipinski definition) is 8. The fourth-order valence-corrected chi connectivity index (χ4v) is 3.84. The Morgan fingerprint density at radius 3 is 2.74 bits per heavy atom. The molecule has 0 aliphatic rings. The molecule has 0 unspecified atom stereocenters. The minimum absolute atomic E-state index is 0.173. The first kappa shape index (κ1) is 21.0. The molecule has 2 heterocycles. The van der Waals surface area contributed by atoms with Gasteiger partial charge in [-0.3, -0.25) is 4.79 Å². The highest BCUT2D eigenvalue weighted by Gasteiger charge is 2.14. The molecule has 0 saturated carbocycles. The van der Waals surface area contributed by atoms with E-state index >= 15 is 0 Å². The van der Waals surface area contributed by atoms with Crippen LogP contribution in [0.15, 0.2) is 53.1 Å². The number of aromatic nitrogens is 4. The van der Waals surface area contributed by atoms with Crippen molar-refractivity contribution >= 4 is 34.0 Å². The van der Waals surface area contributed by atoms with Crippen LogP contribution in [0, 0.1) is 0 Å². The topological polar surface area (TPSA) is 103 Å². The fourth-order valence-electron chi connectivity index (χ4n) is 2.76. The summed E-state index contributed by atoms with van der Waals surface area (Å²) in [5, 5.41) is 16.4. The molecular weight excluding hydrogens is 438 g/mol. The van der Waals surface area contributed by atoms with Crippen LogP contribution in [-0.2, 0) is 11.2 Å². The number of carbonyl (C=O) groups is 1. The van der Waals surface area contributed by atoms with Crippen molar-refractivity contribution in [1.82, 2.24) is 20.3 Å². The molecule has 2 aromatic carbocycles. The number of hydrogen-bond donors (Lipinski definition) is 1. The molecular formula is C21H18ClN5O3S. The molecule has 158 valence electrons. The Labute approximate surface area is 187 Å². The van der Waals surface area contributed by atoms with Crippen molar-refractivity contribution < 1.29 is 14.1 Å². The van der Waals surface area contributed by atoms with Gasteiger partial charge in [0.05, 0.1) is 11.6 Å². The number of benzene rings is 2. The minimum atomic E-state index is -0.220. The highest BCUT2D eigenvalue weighted by atomic mass is 35.5. The summed E-state index contributed by atoms with van der Waals surface area (Å²) >= 11 is 7.44. The van der Waals surface area contributed by atoms with Gasteiger partial charge >= 0.3 is 0 Å². The van der Waals surface area contributed by atoms with Crippen molar-refractivity contribution in [2.45, 2.75) is 19.8 Å². The second kappa shape index (κ2) is 9.67. The summed E-state index contributed by atoms with van der Waals surface area (Å²) in [5.41, 5.74) is 1.58. The molecule has 1 N–H and O–H groups in total. The quantitative estimate of drug-likeness (QED) is 0.404. The molecule has 0 radical (unpaired) electrons.